The second-order valence-corrected chi connectivity index (χ2v) is 4.24. The van der Waals surface area contributed by atoms with Crippen LogP contribution in [0.4, 0.5) is 5.69 Å². The molecular formula is C11H19N3. The summed E-state index contributed by atoms with van der Waals surface area (Å²) in [6, 6.07) is 0.668. The standard InChI is InChI=1S/C11H19N3/c1-14-9-11(8-12-14)13-10-6-4-2-3-5-7-10/h8-10,13H,2-7H2,1H3. The van der Waals surface area contributed by atoms with Crippen LogP contribution in [0.5, 0.6) is 0 Å². The highest BCUT2D eigenvalue weighted by atomic mass is 15.3. The van der Waals surface area contributed by atoms with Gasteiger partial charge in [-0.15, -0.1) is 0 Å². The molecule has 0 amide bonds. The Kier molecular flexibility index (Phi) is 3.07. The van der Waals surface area contributed by atoms with Crippen LogP contribution in [-0.4, -0.2) is 15.8 Å². The smallest absolute Gasteiger partial charge is 0.0728 e. The van der Waals surface area contributed by atoms with Crippen molar-refractivity contribution in [3.63, 3.8) is 0 Å². The van der Waals surface area contributed by atoms with Crippen molar-refractivity contribution in [1.29, 1.82) is 0 Å². The molecule has 1 aliphatic carbocycles. The summed E-state index contributed by atoms with van der Waals surface area (Å²) in [5.74, 6) is 0. The summed E-state index contributed by atoms with van der Waals surface area (Å²) in [6.45, 7) is 0. The first kappa shape index (κ1) is 9.56. The summed E-state index contributed by atoms with van der Waals surface area (Å²) in [7, 11) is 1.96. The van der Waals surface area contributed by atoms with E-state index < -0.39 is 0 Å². The lowest BCUT2D eigenvalue weighted by Crippen LogP contribution is -2.17. The fraction of sp³-hybridized carbons (Fsp3) is 0.727. The Morgan fingerprint density at radius 2 is 2.00 bits per heavy atom. The highest BCUT2D eigenvalue weighted by molar-refractivity contribution is 5.39. The number of nitrogens with zero attached hydrogens (tertiary/aromatic N) is 2. The minimum atomic E-state index is 0.668. The van der Waals surface area contributed by atoms with Crippen LogP contribution >= 0.6 is 0 Å². The van der Waals surface area contributed by atoms with Gasteiger partial charge in [-0.3, -0.25) is 4.68 Å². The predicted octanol–water partition coefficient (Wildman–Crippen LogP) is 2.55. The molecule has 2 rings (SSSR count). The lowest BCUT2D eigenvalue weighted by Gasteiger charge is -2.15. The zero-order valence-corrected chi connectivity index (χ0v) is 8.87. The van der Waals surface area contributed by atoms with E-state index in [4.69, 9.17) is 0 Å². The highest BCUT2D eigenvalue weighted by Gasteiger charge is 2.11. The molecule has 1 aromatic rings. The maximum atomic E-state index is 4.16. The second-order valence-electron chi connectivity index (χ2n) is 4.24. The summed E-state index contributed by atoms with van der Waals surface area (Å²) in [5, 5.41) is 7.72. The quantitative estimate of drug-likeness (QED) is 0.731. The van der Waals surface area contributed by atoms with Crippen LogP contribution in [0.3, 0.4) is 0 Å². The maximum absolute atomic E-state index is 4.16. The topological polar surface area (TPSA) is 29.9 Å². The fourth-order valence-electron chi connectivity index (χ4n) is 2.16. The molecule has 0 radical (unpaired) electrons. The van der Waals surface area contributed by atoms with Gasteiger partial charge in [-0.1, -0.05) is 25.7 Å². The normalized spacial score (nSPS) is 19.2. The molecule has 0 saturated heterocycles. The molecular weight excluding hydrogens is 174 g/mol. The van der Waals surface area contributed by atoms with Crippen LogP contribution in [-0.2, 0) is 7.05 Å². The number of aryl methyl sites for hydroxylation is 1. The average molecular weight is 193 g/mol. The minimum absolute atomic E-state index is 0.668. The molecule has 3 heteroatoms. The van der Waals surface area contributed by atoms with Crippen LogP contribution in [0, 0.1) is 0 Å². The van der Waals surface area contributed by atoms with Crippen molar-refractivity contribution in [3.05, 3.63) is 12.4 Å². The lowest BCUT2D eigenvalue weighted by molar-refractivity contribution is 0.620. The summed E-state index contributed by atoms with van der Waals surface area (Å²) in [6.07, 6.45) is 12.1. The Balaban J connectivity index is 1.89. The first-order valence-corrected chi connectivity index (χ1v) is 5.60. The first-order chi connectivity index (χ1) is 6.84. The minimum Gasteiger partial charge on any atom is -0.380 e. The third kappa shape index (κ3) is 2.50. The molecule has 0 spiro atoms. The van der Waals surface area contributed by atoms with Gasteiger partial charge in [0.2, 0.25) is 0 Å². The summed E-state index contributed by atoms with van der Waals surface area (Å²) in [4.78, 5) is 0. The van der Waals surface area contributed by atoms with Crippen molar-refractivity contribution in [2.45, 2.75) is 44.6 Å². The van der Waals surface area contributed by atoms with Crippen molar-refractivity contribution in [3.8, 4) is 0 Å². The Labute approximate surface area is 85.5 Å². The van der Waals surface area contributed by atoms with Gasteiger partial charge in [0, 0.05) is 19.3 Å². The van der Waals surface area contributed by atoms with Crippen molar-refractivity contribution >= 4 is 5.69 Å². The highest BCUT2D eigenvalue weighted by Crippen LogP contribution is 2.20. The van der Waals surface area contributed by atoms with Gasteiger partial charge in [0.25, 0.3) is 0 Å². The summed E-state index contributed by atoms with van der Waals surface area (Å²) in [5.41, 5.74) is 1.17. The molecule has 0 bridgehead atoms. The molecule has 0 aromatic carbocycles. The van der Waals surface area contributed by atoms with Gasteiger partial charge in [-0.25, -0.2) is 0 Å². The zero-order valence-electron chi connectivity index (χ0n) is 8.87. The van der Waals surface area contributed by atoms with E-state index in [1.807, 2.05) is 24.1 Å². The van der Waals surface area contributed by atoms with E-state index in [9.17, 15) is 0 Å². The average Bonchev–Trinajstić information content (AvgIpc) is 2.43. The van der Waals surface area contributed by atoms with E-state index in [-0.39, 0.29) is 0 Å². The molecule has 78 valence electrons. The molecule has 0 unspecified atom stereocenters. The van der Waals surface area contributed by atoms with Crippen LogP contribution in [0.1, 0.15) is 38.5 Å². The molecule has 1 heterocycles. The van der Waals surface area contributed by atoms with E-state index in [0.717, 1.165) is 0 Å². The van der Waals surface area contributed by atoms with Gasteiger partial charge in [0.05, 0.1) is 11.9 Å². The number of hydrogen-bond acceptors (Lipinski definition) is 2. The summed E-state index contributed by atoms with van der Waals surface area (Å²) < 4.78 is 1.85. The van der Waals surface area contributed by atoms with Crippen molar-refractivity contribution in [1.82, 2.24) is 9.78 Å². The van der Waals surface area contributed by atoms with Gasteiger partial charge in [0.15, 0.2) is 0 Å². The molecule has 0 atom stereocenters. The second kappa shape index (κ2) is 4.49. The number of rotatable bonds is 2. The van der Waals surface area contributed by atoms with Gasteiger partial charge in [0.1, 0.15) is 0 Å². The lowest BCUT2D eigenvalue weighted by atomic mass is 10.1. The third-order valence-corrected chi connectivity index (χ3v) is 2.93. The molecule has 0 aliphatic heterocycles. The van der Waals surface area contributed by atoms with Gasteiger partial charge < -0.3 is 5.32 Å². The number of anilines is 1. The monoisotopic (exact) mass is 193 g/mol. The van der Waals surface area contributed by atoms with Crippen LogP contribution < -0.4 is 5.32 Å². The van der Waals surface area contributed by atoms with Crippen molar-refractivity contribution in [2.24, 2.45) is 7.05 Å². The first-order valence-electron chi connectivity index (χ1n) is 5.60. The van der Waals surface area contributed by atoms with E-state index in [1.165, 1.54) is 44.2 Å². The predicted molar refractivity (Wildman–Crippen MR) is 58.3 cm³/mol. The number of aromatic nitrogens is 2. The summed E-state index contributed by atoms with van der Waals surface area (Å²) >= 11 is 0. The van der Waals surface area contributed by atoms with Gasteiger partial charge in [-0.05, 0) is 12.8 Å². The zero-order chi connectivity index (χ0) is 9.80. The molecule has 1 aliphatic rings. The van der Waals surface area contributed by atoms with E-state index >= 15 is 0 Å². The maximum Gasteiger partial charge on any atom is 0.0728 e. The molecule has 1 saturated carbocycles. The van der Waals surface area contributed by atoms with Crippen LogP contribution in [0.25, 0.3) is 0 Å². The fourth-order valence-corrected chi connectivity index (χ4v) is 2.16. The van der Waals surface area contributed by atoms with E-state index in [2.05, 4.69) is 10.4 Å². The Bertz CT molecular complexity index is 272. The van der Waals surface area contributed by atoms with Gasteiger partial charge in [-0.2, -0.15) is 5.10 Å². The van der Waals surface area contributed by atoms with Crippen LogP contribution in [0.15, 0.2) is 12.4 Å². The SMILES string of the molecule is Cn1cc(NC2CCCCCC2)cn1. The molecule has 3 nitrogen and oxygen atoms in total. The Morgan fingerprint density at radius 1 is 1.29 bits per heavy atom. The third-order valence-electron chi connectivity index (χ3n) is 2.93. The van der Waals surface area contributed by atoms with Crippen molar-refractivity contribution < 1.29 is 0 Å². The number of nitrogens with one attached hydrogen (secondary N) is 1. The van der Waals surface area contributed by atoms with E-state index in [0.29, 0.717) is 6.04 Å². The molecule has 1 aromatic heterocycles. The molecule has 14 heavy (non-hydrogen) atoms. The molecule has 1 fully saturated rings. The Hall–Kier alpha value is -0.990. The molecule has 1 N–H and O–H groups in total. The van der Waals surface area contributed by atoms with E-state index in [1.54, 1.807) is 0 Å². The Morgan fingerprint density at radius 3 is 2.57 bits per heavy atom. The number of hydrogen-bond donors (Lipinski definition) is 1. The van der Waals surface area contributed by atoms with Gasteiger partial charge >= 0.3 is 0 Å². The largest absolute Gasteiger partial charge is 0.380 e. The van der Waals surface area contributed by atoms with Crippen molar-refractivity contribution in [2.75, 3.05) is 5.32 Å². The van der Waals surface area contributed by atoms with Crippen LogP contribution in [0.2, 0.25) is 0 Å².